The van der Waals surface area contributed by atoms with Crippen LogP contribution in [0.5, 0.6) is 11.5 Å². The van der Waals surface area contributed by atoms with Gasteiger partial charge in [0.25, 0.3) is 0 Å². The van der Waals surface area contributed by atoms with Crippen LogP contribution in [-0.2, 0) is 17.6 Å². The summed E-state index contributed by atoms with van der Waals surface area (Å²) in [6, 6.07) is 24.8. The third-order valence-electron chi connectivity index (χ3n) is 5.45. The van der Waals surface area contributed by atoms with Gasteiger partial charge in [0.2, 0.25) is 17.6 Å². The smallest absolute Gasteiger partial charge is 0.249 e. The Bertz CT molecular complexity index is 1190. The summed E-state index contributed by atoms with van der Waals surface area (Å²) in [5, 5.41) is 7.23. The van der Waals surface area contributed by atoms with Crippen LogP contribution in [-0.4, -0.2) is 30.3 Å². The standard InChI is InChI=1S/C27H27N3O4/c1-32-22-16-21(17-23(18-22)33-2)26-29-27(34-30-26)24(15-20-11-7-4-8-12-20)28-25(31)14-13-19-9-5-3-6-10-19/h3-12,16-18,24H,13-15H2,1-2H3,(H,28,31). The van der Waals surface area contributed by atoms with Gasteiger partial charge in [0.15, 0.2) is 0 Å². The van der Waals surface area contributed by atoms with Crippen molar-refractivity contribution in [2.45, 2.75) is 25.3 Å². The average Bonchev–Trinajstić information content (AvgIpc) is 3.38. The number of benzene rings is 3. The summed E-state index contributed by atoms with van der Waals surface area (Å²) in [6.45, 7) is 0. The van der Waals surface area contributed by atoms with Crippen molar-refractivity contribution in [3.05, 3.63) is 95.9 Å². The second-order valence-electron chi connectivity index (χ2n) is 7.85. The fourth-order valence-electron chi connectivity index (χ4n) is 3.65. The SMILES string of the molecule is COc1cc(OC)cc(-c2noc(C(Cc3ccccc3)NC(=O)CCc3ccccc3)n2)c1. The van der Waals surface area contributed by atoms with Gasteiger partial charge in [-0.05, 0) is 29.7 Å². The molecule has 3 aromatic carbocycles. The largest absolute Gasteiger partial charge is 0.497 e. The van der Waals surface area contributed by atoms with Crippen LogP contribution >= 0.6 is 0 Å². The third kappa shape index (κ3) is 6.01. The molecule has 0 aliphatic rings. The first-order valence-electron chi connectivity index (χ1n) is 11.1. The Morgan fingerprint density at radius 3 is 2.15 bits per heavy atom. The summed E-state index contributed by atoms with van der Waals surface area (Å²) in [7, 11) is 3.17. The molecule has 1 atom stereocenters. The van der Waals surface area contributed by atoms with Crippen LogP contribution in [0.3, 0.4) is 0 Å². The number of nitrogens with one attached hydrogen (secondary N) is 1. The number of carbonyl (C=O) groups excluding carboxylic acids is 1. The van der Waals surface area contributed by atoms with Crippen LogP contribution in [0.15, 0.2) is 83.4 Å². The van der Waals surface area contributed by atoms with Gasteiger partial charge in [-0.25, -0.2) is 0 Å². The first kappa shape index (κ1) is 23.0. The Labute approximate surface area is 198 Å². The number of rotatable bonds is 10. The fourth-order valence-corrected chi connectivity index (χ4v) is 3.65. The van der Waals surface area contributed by atoms with Crippen molar-refractivity contribution < 1.29 is 18.8 Å². The van der Waals surface area contributed by atoms with E-state index in [2.05, 4.69) is 15.5 Å². The summed E-state index contributed by atoms with van der Waals surface area (Å²) in [5.74, 6) is 1.90. The minimum Gasteiger partial charge on any atom is -0.497 e. The van der Waals surface area contributed by atoms with Crippen molar-refractivity contribution in [2.75, 3.05) is 14.2 Å². The molecule has 0 aliphatic carbocycles. The first-order chi connectivity index (χ1) is 16.6. The number of hydrogen-bond donors (Lipinski definition) is 1. The monoisotopic (exact) mass is 457 g/mol. The molecule has 7 heteroatoms. The molecule has 4 aromatic rings. The number of nitrogens with zero attached hydrogens (tertiary/aromatic N) is 2. The quantitative estimate of drug-likeness (QED) is 0.369. The van der Waals surface area contributed by atoms with Crippen molar-refractivity contribution in [1.82, 2.24) is 15.5 Å². The second kappa shape index (κ2) is 11.1. The molecule has 4 rings (SSSR count). The summed E-state index contributed by atoms with van der Waals surface area (Å²) in [5.41, 5.74) is 2.86. The lowest BCUT2D eigenvalue weighted by Crippen LogP contribution is -2.30. The van der Waals surface area contributed by atoms with Crippen molar-refractivity contribution in [2.24, 2.45) is 0 Å². The van der Waals surface area contributed by atoms with Crippen LogP contribution in [0.4, 0.5) is 0 Å². The highest BCUT2D eigenvalue weighted by Gasteiger charge is 2.23. The molecule has 174 valence electrons. The molecule has 34 heavy (non-hydrogen) atoms. The van der Waals surface area contributed by atoms with Crippen LogP contribution in [0.1, 0.15) is 29.5 Å². The van der Waals surface area contributed by atoms with E-state index in [1.54, 1.807) is 20.3 Å². The Morgan fingerprint density at radius 2 is 1.53 bits per heavy atom. The topological polar surface area (TPSA) is 86.5 Å². The van der Waals surface area contributed by atoms with E-state index < -0.39 is 6.04 Å². The van der Waals surface area contributed by atoms with E-state index >= 15 is 0 Å². The van der Waals surface area contributed by atoms with Crippen LogP contribution in [0.25, 0.3) is 11.4 Å². The maximum atomic E-state index is 12.8. The van der Waals surface area contributed by atoms with E-state index in [9.17, 15) is 4.79 Å². The molecular weight excluding hydrogens is 430 g/mol. The Balaban J connectivity index is 1.54. The number of carbonyl (C=O) groups is 1. The number of ether oxygens (including phenoxy) is 2. The summed E-state index contributed by atoms with van der Waals surface area (Å²) < 4.78 is 16.3. The van der Waals surface area contributed by atoms with Crippen molar-refractivity contribution >= 4 is 5.91 Å². The number of amides is 1. The van der Waals surface area contributed by atoms with E-state index in [4.69, 9.17) is 14.0 Å². The van der Waals surface area contributed by atoms with Crippen molar-refractivity contribution in [1.29, 1.82) is 0 Å². The number of aryl methyl sites for hydroxylation is 1. The van der Waals surface area contributed by atoms with Crippen LogP contribution in [0.2, 0.25) is 0 Å². The van der Waals surface area contributed by atoms with Crippen molar-refractivity contribution in [3.63, 3.8) is 0 Å². The molecule has 0 spiro atoms. The maximum Gasteiger partial charge on any atom is 0.249 e. The minimum atomic E-state index is -0.459. The molecular formula is C27H27N3O4. The zero-order chi connectivity index (χ0) is 23.8. The van der Waals surface area contributed by atoms with Gasteiger partial charge in [-0.1, -0.05) is 65.8 Å². The van der Waals surface area contributed by atoms with Crippen LogP contribution < -0.4 is 14.8 Å². The molecule has 0 saturated heterocycles. The van der Waals surface area contributed by atoms with Gasteiger partial charge in [0, 0.05) is 24.5 Å². The third-order valence-corrected chi connectivity index (χ3v) is 5.45. The van der Waals surface area contributed by atoms with Gasteiger partial charge < -0.3 is 19.3 Å². The highest BCUT2D eigenvalue weighted by Crippen LogP contribution is 2.29. The lowest BCUT2D eigenvalue weighted by molar-refractivity contribution is -0.122. The average molecular weight is 458 g/mol. The minimum absolute atomic E-state index is 0.0763. The van der Waals surface area contributed by atoms with E-state index in [1.165, 1.54) is 0 Å². The fraction of sp³-hybridized carbons (Fsp3) is 0.222. The molecule has 1 N–H and O–H groups in total. The predicted molar refractivity (Wildman–Crippen MR) is 129 cm³/mol. The Kier molecular flexibility index (Phi) is 7.55. The molecule has 0 fully saturated rings. The normalized spacial score (nSPS) is 11.6. The Morgan fingerprint density at radius 1 is 0.912 bits per heavy atom. The van der Waals surface area contributed by atoms with E-state index in [0.29, 0.717) is 48.0 Å². The van der Waals surface area contributed by atoms with Crippen molar-refractivity contribution in [3.8, 4) is 22.9 Å². The second-order valence-corrected chi connectivity index (χ2v) is 7.85. The predicted octanol–water partition coefficient (Wildman–Crippen LogP) is 4.79. The zero-order valence-electron chi connectivity index (χ0n) is 19.2. The van der Waals surface area contributed by atoms with Gasteiger partial charge in [-0.2, -0.15) is 4.98 Å². The molecule has 0 aliphatic heterocycles. The summed E-state index contributed by atoms with van der Waals surface area (Å²) >= 11 is 0. The molecule has 1 amide bonds. The molecule has 1 unspecified atom stereocenters. The van der Waals surface area contributed by atoms with Crippen LogP contribution in [0, 0.1) is 0 Å². The lowest BCUT2D eigenvalue weighted by Gasteiger charge is -2.15. The molecule has 1 aromatic heterocycles. The molecule has 0 saturated carbocycles. The lowest BCUT2D eigenvalue weighted by atomic mass is 10.0. The molecule has 1 heterocycles. The number of methoxy groups -OCH3 is 2. The zero-order valence-corrected chi connectivity index (χ0v) is 19.2. The van der Waals surface area contributed by atoms with E-state index in [0.717, 1.165) is 11.1 Å². The van der Waals surface area contributed by atoms with Gasteiger partial charge in [0.05, 0.1) is 14.2 Å². The Hall–Kier alpha value is -4.13. The van der Waals surface area contributed by atoms with E-state index in [1.807, 2.05) is 72.8 Å². The van der Waals surface area contributed by atoms with Gasteiger partial charge in [0.1, 0.15) is 17.5 Å². The summed E-state index contributed by atoms with van der Waals surface area (Å²) in [6.07, 6.45) is 1.55. The summed E-state index contributed by atoms with van der Waals surface area (Å²) in [4.78, 5) is 17.4. The number of hydrogen-bond acceptors (Lipinski definition) is 6. The highest BCUT2D eigenvalue weighted by molar-refractivity contribution is 5.76. The molecule has 7 nitrogen and oxygen atoms in total. The molecule has 0 radical (unpaired) electrons. The molecule has 0 bridgehead atoms. The van der Waals surface area contributed by atoms with Gasteiger partial charge >= 0.3 is 0 Å². The van der Waals surface area contributed by atoms with Gasteiger partial charge in [-0.3, -0.25) is 4.79 Å². The highest BCUT2D eigenvalue weighted by atomic mass is 16.5. The number of aromatic nitrogens is 2. The van der Waals surface area contributed by atoms with E-state index in [-0.39, 0.29) is 5.91 Å². The van der Waals surface area contributed by atoms with Gasteiger partial charge in [-0.15, -0.1) is 0 Å². The first-order valence-corrected chi connectivity index (χ1v) is 11.1. The maximum absolute atomic E-state index is 12.8.